The molecule has 3 fully saturated rings. The summed E-state index contributed by atoms with van der Waals surface area (Å²) in [6, 6.07) is 20.9. The number of allylic oxidation sites excluding steroid dienone is 2. The van der Waals surface area contributed by atoms with Gasteiger partial charge in [-0.15, -0.1) is 0 Å². The molecule has 2 saturated heterocycles. The SMILES string of the molecule is C[C@@]12C(=O)N(c3ccc(F)c(Cl)c3)C(=O)[C@@H]1C[C@@H]1C(=CC[C@@H]3C(=O)N(c4ccc(Cl)cc4)C(=O)[C@@H]31)[C@@H]2c1ccc(O)c2ccccc12. The standard InChI is InChI=1S/C37H27Cl2FN2O5/c1-37-27(34(45)42(36(37)47)20-10-14-29(40)28(39)16-20)17-26-24(32(37)23-13-15-30(43)22-5-3-2-4-21(22)23)11-12-25-31(26)35(46)41(33(25)44)19-8-6-18(38)7-9-19/h2-11,13-16,25-27,31-32,43H,12,17H2,1H3/t25-,26+,27-,31-,32-,37+/m0/s1. The number of carbonyl (C=O) groups is 4. The van der Waals surface area contributed by atoms with Crippen LogP contribution in [0.25, 0.3) is 10.8 Å². The molecule has 1 saturated carbocycles. The Hall–Kier alpha value is -4.53. The Morgan fingerprint density at radius 1 is 0.809 bits per heavy atom. The number of fused-ring (bicyclic) bond motifs is 5. The smallest absolute Gasteiger partial charge is 0.241 e. The molecule has 236 valence electrons. The molecule has 0 spiro atoms. The summed E-state index contributed by atoms with van der Waals surface area (Å²) in [7, 11) is 0. The average molecular weight is 670 g/mol. The van der Waals surface area contributed by atoms with Crippen LogP contribution in [0.3, 0.4) is 0 Å². The van der Waals surface area contributed by atoms with Crippen LogP contribution in [-0.2, 0) is 19.2 Å². The van der Waals surface area contributed by atoms with Gasteiger partial charge in [-0.2, -0.15) is 0 Å². The lowest BCUT2D eigenvalue weighted by molar-refractivity contribution is -0.131. The number of phenolic OH excluding ortho intramolecular Hbond substituents is 1. The maximum absolute atomic E-state index is 14.7. The Labute approximate surface area is 279 Å². The first kappa shape index (κ1) is 29.8. The van der Waals surface area contributed by atoms with E-state index in [-0.39, 0.29) is 41.1 Å². The number of rotatable bonds is 3. The predicted octanol–water partition coefficient (Wildman–Crippen LogP) is 7.43. The highest BCUT2D eigenvalue weighted by molar-refractivity contribution is 6.32. The second-order valence-electron chi connectivity index (χ2n) is 13.0. The van der Waals surface area contributed by atoms with Crippen molar-refractivity contribution in [2.75, 3.05) is 9.80 Å². The van der Waals surface area contributed by atoms with Gasteiger partial charge in [0.25, 0.3) is 0 Å². The molecule has 4 amide bonds. The highest BCUT2D eigenvalue weighted by Crippen LogP contribution is 2.64. The van der Waals surface area contributed by atoms with Crippen molar-refractivity contribution in [1.82, 2.24) is 0 Å². The molecule has 2 aliphatic heterocycles. The summed E-state index contributed by atoms with van der Waals surface area (Å²) >= 11 is 12.2. The van der Waals surface area contributed by atoms with E-state index in [1.807, 2.05) is 24.3 Å². The van der Waals surface area contributed by atoms with Crippen molar-refractivity contribution < 1.29 is 28.7 Å². The van der Waals surface area contributed by atoms with Crippen LogP contribution >= 0.6 is 23.2 Å². The number of nitrogens with zero attached hydrogens (tertiary/aromatic N) is 2. The van der Waals surface area contributed by atoms with Crippen LogP contribution in [0.15, 0.2) is 90.5 Å². The molecule has 47 heavy (non-hydrogen) atoms. The molecule has 4 aromatic carbocycles. The van der Waals surface area contributed by atoms with Crippen molar-refractivity contribution >= 4 is 69.0 Å². The molecule has 0 radical (unpaired) electrons. The van der Waals surface area contributed by atoms with Crippen LogP contribution in [0, 0.1) is 34.9 Å². The van der Waals surface area contributed by atoms with Gasteiger partial charge in [0, 0.05) is 16.3 Å². The molecule has 6 atom stereocenters. The predicted molar refractivity (Wildman–Crippen MR) is 176 cm³/mol. The van der Waals surface area contributed by atoms with Crippen LogP contribution in [-0.4, -0.2) is 28.7 Å². The zero-order valence-electron chi connectivity index (χ0n) is 25.0. The summed E-state index contributed by atoms with van der Waals surface area (Å²) in [5.74, 6) is -5.65. The zero-order valence-corrected chi connectivity index (χ0v) is 26.5. The summed E-state index contributed by atoms with van der Waals surface area (Å²) in [6.45, 7) is 1.78. The van der Waals surface area contributed by atoms with Gasteiger partial charge in [-0.1, -0.05) is 65.2 Å². The summed E-state index contributed by atoms with van der Waals surface area (Å²) in [5.41, 5.74) is 0.821. The van der Waals surface area contributed by atoms with E-state index in [0.29, 0.717) is 21.5 Å². The van der Waals surface area contributed by atoms with E-state index in [1.54, 1.807) is 49.4 Å². The van der Waals surface area contributed by atoms with Gasteiger partial charge in [0.2, 0.25) is 23.6 Å². The summed E-state index contributed by atoms with van der Waals surface area (Å²) in [5, 5.41) is 12.3. The number of halogens is 3. The fourth-order valence-electron chi connectivity index (χ4n) is 8.63. The third-order valence-corrected chi connectivity index (χ3v) is 11.3. The molecule has 8 rings (SSSR count). The van der Waals surface area contributed by atoms with Crippen molar-refractivity contribution in [2.24, 2.45) is 29.1 Å². The van der Waals surface area contributed by atoms with E-state index >= 15 is 0 Å². The van der Waals surface area contributed by atoms with E-state index in [9.17, 15) is 28.7 Å². The fourth-order valence-corrected chi connectivity index (χ4v) is 8.93. The lowest BCUT2D eigenvalue weighted by atomic mass is 9.51. The van der Waals surface area contributed by atoms with Gasteiger partial charge >= 0.3 is 0 Å². The monoisotopic (exact) mass is 668 g/mol. The van der Waals surface area contributed by atoms with Crippen LogP contribution in [0.4, 0.5) is 15.8 Å². The second-order valence-corrected chi connectivity index (χ2v) is 13.8. The quantitative estimate of drug-likeness (QED) is 0.181. The molecule has 0 unspecified atom stereocenters. The minimum Gasteiger partial charge on any atom is -0.507 e. The largest absolute Gasteiger partial charge is 0.507 e. The highest BCUT2D eigenvalue weighted by atomic mass is 35.5. The van der Waals surface area contributed by atoms with Crippen LogP contribution in [0.1, 0.15) is 31.2 Å². The first-order valence-electron chi connectivity index (χ1n) is 15.4. The number of benzene rings is 4. The van der Waals surface area contributed by atoms with Crippen LogP contribution in [0.5, 0.6) is 5.75 Å². The minimum atomic E-state index is -1.31. The van der Waals surface area contributed by atoms with E-state index in [4.69, 9.17) is 23.2 Å². The van der Waals surface area contributed by atoms with Crippen molar-refractivity contribution in [2.45, 2.75) is 25.7 Å². The molecule has 10 heteroatoms. The third-order valence-electron chi connectivity index (χ3n) is 10.8. The average Bonchev–Trinajstić information content (AvgIpc) is 3.43. The van der Waals surface area contributed by atoms with Crippen LogP contribution < -0.4 is 9.80 Å². The molecule has 1 N–H and O–H groups in total. The molecular formula is C37H27Cl2FN2O5. The van der Waals surface area contributed by atoms with E-state index in [1.165, 1.54) is 17.0 Å². The molecule has 2 aliphatic carbocycles. The van der Waals surface area contributed by atoms with Crippen molar-refractivity contribution in [3.63, 3.8) is 0 Å². The van der Waals surface area contributed by atoms with Crippen molar-refractivity contribution in [1.29, 1.82) is 0 Å². The first-order chi connectivity index (χ1) is 22.5. The van der Waals surface area contributed by atoms with Gasteiger partial charge in [-0.05, 0) is 85.2 Å². The van der Waals surface area contributed by atoms with E-state index in [2.05, 4.69) is 0 Å². The number of imide groups is 2. The molecule has 4 aliphatic rings. The topological polar surface area (TPSA) is 95.0 Å². The van der Waals surface area contributed by atoms with Gasteiger partial charge < -0.3 is 5.11 Å². The van der Waals surface area contributed by atoms with Gasteiger partial charge in [0.05, 0.1) is 39.6 Å². The third kappa shape index (κ3) is 4.10. The Balaban J connectivity index is 1.31. The lowest BCUT2D eigenvalue weighted by Gasteiger charge is -2.49. The number of hydrogen-bond acceptors (Lipinski definition) is 5. The maximum atomic E-state index is 14.7. The molecule has 4 aromatic rings. The number of phenols is 1. The molecule has 7 nitrogen and oxygen atoms in total. The molecule has 0 aromatic heterocycles. The summed E-state index contributed by atoms with van der Waals surface area (Å²) < 4.78 is 14.2. The number of aromatic hydroxyl groups is 1. The van der Waals surface area contributed by atoms with Gasteiger partial charge in [0.1, 0.15) is 11.6 Å². The van der Waals surface area contributed by atoms with E-state index < -0.39 is 52.6 Å². The number of amides is 4. The number of hydrogen-bond donors (Lipinski definition) is 1. The Morgan fingerprint density at radius 3 is 2.23 bits per heavy atom. The van der Waals surface area contributed by atoms with Gasteiger partial charge in [-0.25, -0.2) is 9.29 Å². The molecule has 2 heterocycles. The van der Waals surface area contributed by atoms with Gasteiger partial charge in [-0.3, -0.25) is 24.1 Å². The number of carbonyl (C=O) groups excluding carboxylic acids is 4. The summed E-state index contributed by atoms with van der Waals surface area (Å²) in [6.07, 6.45) is 2.43. The van der Waals surface area contributed by atoms with Crippen molar-refractivity contribution in [3.8, 4) is 5.75 Å². The second kappa shape index (κ2) is 10.5. The maximum Gasteiger partial charge on any atom is 0.241 e. The fraction of sp³-hybridized carbons (Fsp3) is 0.243. The first-order valence-corrected chi connectivity index (χ1v) is 16.1. The summed E-state index contributed by atoms with van der Waals surface area (Å²) in [4.78, 5) is 59.5. The number of anilines is 2. The minimum absolute atomic E-state index is 0.0719. The normalized spacial score (nSPS) is 28.4. The Kier molecular flexibility index (Phi) is 6.66. The Morgan fingerprint density at radius 2 is 1.51 bits per heavy atom. The van der Waals surface area contributed by atoms with Crippen LogP contribution in [0.2, 0.25) is 10.0 Å². The van der Waals surface area contributed by atoms with Crippen molar-refractivity contribution in [3.05, 3.63) is 112 Å². The highest BCUT2D eigenvalue weighted by Gasteiger charge is 2.67. The molecular weight excluding hydrogens is 642 g/mol. The molecule has 0 bridgehead atoms. The van der Waals surface area contributed by atoms with E-state index in [0.717, 1.165) is 22.1 Å². The van der Waals surface area contributed by atoms with Gasteiger partial charge in [0.15, 0.2) is 0 Å². The zero-order chi connectivity index (χ0) is 32.9. The lowest BCUT2D eigenvalue weighted by Crippen LogP contribution is -2.49. The Bertz CT molecular complexity index is 2100.